The maximum Gasteiger partial charge on any atom is 0.0251 e. The van der Waals surface area contributed by atoms with Gasteiger partial charge in [0, 0.05) is 8.15 Å². The van der Waals surface area contributed by atoms with Gasteiger partial charge in [0.2, 0.25) is 0 Å². The van der Waals surface area contributed by atoms with E-state index >= 15 is 0 Å². The zero-order chi connectivity index (χ0) is 13.5. The molecule has 0 atom stereocenters. The van der Waals surface area contributed by atoms with Crippen LogP contribution in [0.3, 0.4) is 0 Å². The van der Waals surface area contributed by atoms with Crippen molar-refractivity contribution in [3.8, 4) is 0 Å². The van der Waals surface area contributed by atoms with Gasteiger partial charge in [0.05, 0.1) is 0 Å². The lowest BCUT2D eigenvalue weighted by Crippen LogP contribution is -1.91. The van der Waals surface area contributed by atoms with E-state index in [-0.39, 0.29) is 0 Å². The summed E-state index contributed by atoms with van der Waals surface area (Å²) in [7, 11) is -0.630. The second kappa shape index (κ2) is 15.4. The number of rotatable bonds is 14. The van der Waals surface area contributed by atoms with Crippen molar-refractivity contribution in [2.75, 3.05) is 12.3 Å². The van der Waals surface area contributed by atoms with Gasteiger partial charge in [0.1, 0.15) is 0 Å². The molecule has 1 N–H and O–H groups in total. The van der Waals surface area contributed by atoms with E-state index in [1.165, 1.54) is 77.0 Å². The van der Waals surface area contributed by atoms with Gasteiger partial charge in [-0.3, -0.25) is 0 Å². The van der Waals surface area contributed by atoms with Gasteiger partial charge in [-0.15, -0.1) is 0 Å². The van der Waals surface area contributed by atoms with Crippen molar-refractivity contribution in [2.24, 2.45) is 0 Å². The van der Waals surface area contributed by atoms with Gasteiger partial charge in [-0.1, -0.05) is 78.1 Å². The summed E-state index contributed by atoms with van der Waals surface area (Å²) in [5, 5.41) is 0. The third-order valence-corrected chi connectivity index (χ3v) is 5.20. The third kappa shape index (κ3) is 14.5. The molecule has 0 unspecified atom stereocenters. The van der Waals surface area contributed by atoms with E-state index in [0.29, 0.717) is 0 Å². The predicted octanol–water partition coefficient (Wildman–Crippen LogP) is 6.10. The number of unbranched alkanes of at least 4 members (excludes halogenated alkanes) is 10. The zero-order valence-electron chi connectivity index (χ0n) is 12.8. The first-order valence-electron chi connectivity index (χ1n) is 8.25. The number of hydrogen-bond donors (Lipinski definition) is 1. The van der Waals surface area contributed by atoms with Crippen LogP contribution in [0.15, 0.2) is 0 Å². The molecule has 0 aliphatic rings. The minimum absolute atomic E-state index is 0.630. The Morgan fingerprint density at radius 2 is 0.889 bits per heavy atom. The summed E-state index contributed by atoms with van der Waals surface area (Å²) in [5.41, 5.74) is 0. The van der Waals surface area contributed by atoms with Gasteiger partial charge in [-0.25, -0.2) is 0 Å². The van der Waals surface area contributed by atoms with Gasteiger partial charge in [-0.2, -0.15) is 0 Å². The lowest BCUT2D eigenvalue weighted by atomic mass is 10.1. The van der Waals surface area contributed by atoms with Crippen LogP contribution in [-0.2, 0) is 0 Å². The summed E-state index contributed by atoms with van der Waals surface area (Å²) in [6.07, 6.45) is 18.3. The topological polar surface area (TPSA) is 20.2 Å². The molecular formula is C16H35OP. The molecule has 110 valence electrons. The van der Waals surface area contributed by atoms with Crippen LogP contribution in [0, 0.1) is 0 Å². The predicted molar refractivity (Wildman–Crippen MR) is 85.6 cm³/mol. The molecule has 1 nitrogen and oxygen atoms in total. The van der Waals surface area contributed by atoms with Crippen LogP contribution in [0.1, 0.15) is 90.9 Å². The SMILES string of the molecule is CCCCCCCCP(O)CCCCCCCC. The van der Waals surface area contributed by atoms with E-state index < -0.39 is 8.15 Å². The van der Waals surface area contributed by atoms with E-state index in [1.807, 2.05) is 0 Å². The molecule has 0 spiro atoms. The standard InChI is InChI=1S/C16H35OP/c1-3-5-7-9-11-13-15-18(17)16-14-12-10-8-6-4-2/h17H,3-16H2,1-2H3. The fraction of sp³-hybridized carbons (Fsp3) is 1.00. The summed E-state index contributed by atoms with van der Waals surface area (Å²) in [6.45, 7) is 4.51. The van der Waals surface area contributed by atoms with Crippen molar-refractivity contribution < 1.29 is 4.89 Å². The summed E-state index contributed by atoms with van der Waals surface area (Å²) in [4.78, 5) is 9.92. The molecule has 0 saturated heterocycles. The second-order valence-electron chi connectivity index (χ2n) is 5.49. The quantitative estimate of drug-likeness (QED) is 0.300. The van der Waals surface area contributed by atoms with Crippen LogP contribution >= 0.6 is 8.15 Å². The lowest BCUT2D eigenvalue weighted by molar-refractivity contribution is 0.587. The van der Waals surface area contributed by atoms with Crippen LogP contribution in [0.5, 0.6) is 0 Å². The molecule has 0 saturated carbocycles. The van der Waals surface area contributed by atoms with Gasteiger partial charge in [0.15, 0.2) is 0 Å². The maximum absolute atomic E-state index is 9.92. The summed E-state index contributed by atoms with van der Waals surface area (Å²) in [5.74, 6) is 0. The van der Waals surface area contributed by atoms with Crippen LogP contribution in [-0.4, -0.2) is 17.2 Å². The first-order chi connectivity index (χ1) is 8.81. The minimum atomic E-state index is -0.630. The van der Waals surface area contributed by atoms with Crippen molar-refractivity contribution in [2.45, 2.75) is 90.9 Å². The van der Waals surface area contributed by atoms with Crippen molar-refractivity contribution in [1.29, 1.82) is 0 Å². The third-order valence-electron chi connectivity index (χ3n) is 3.54. The Balaban J connectivity index is 3.10. The Bertz CT molecular complexity index is 134. The Kier molecular flexibility index (Phi) is 15.8. The molecule has 18 heavy (non-hydrogen) atoms. The van der Waals surface area contributed by atoms with E-state index in [9.17, 15) is 4.89 Å². The highest BCUT2D eigenvalue weighted by molar-refractivity contribution is 7.51. The van der Waals surface area contributed by atoms with Gasteiger partial charge < -0.3 is 4.89 Å². The molecule has 0 aromatic heterocycles. The molecule has 0 fully saturated rings. The smallest absolute Gasteiger partial charge is 0.0251 e. The van der Waals surface area contributed by atoms with E-state index in [1.54, 1.807) is 0 Å². The van der Waals surface area contributed by atoms with Crippen molar-refractivity contribution in [1.82, 2.24) is 0 Å². The monoisotopic (exact) mass is 274 g/mol. The Labute approximate surface area is 117 Å². The van der Waals surface area contributed by atoms with E-state index in [0.717, 1.165) is 12.3 Å². The minimum Gasteiger partial charge on any atom is -0.374 e. The Morgan fingerprint density at radius 3 is 1.28 bits per heavy atom. The second-order valence-corrected chi connectivity index (χ2v) is 7.40. The van der Waals surface area contributed by atoms with Crippen molar-refractivity contribution in [3.05, 3.63) is 0 Å². The first-order valence-corrected chi connectivity index (χ1v) is 9.91. The molecule has 0 aromatic carbocycles. The molecule has 0 aliphatic heterocycles. The molecular weight excluding hydrogens is 239 g/mol. The van der Waals surface area contributed by atoms with Crippen LogP contribution in [0.25, 0.3) is 0 Å². The lowest BCUT2D eigenvalue weighted by Gasteiger charge is -2.10. The molecule has 0 rings (SSSR count). The highest BCUT2D eigenvalue weighted by atomic mass is 31.1. The molecule has 0 bridgehead atoms. The summed E-state index contributed by atoms with van der Waals surface area (Å²) < 4.78 is 0. The zero-order valence-corrected chi connectivity index (χ0v) is 13.7. The first kappa shape index (κ1) is 18.4. The molecule has 0 aromatic rings. The Hall–Kier alpha value is 0.390. The highest BCUT2D eigenvalue weighted by Crippen LogP contribution is 2.32. The van der Waals surface area contributed by atoms with Crippen LogP contribution in [0.4, 0.5) is 0 Å². The van der Waals surface area contributed by atoms with E-state index in [4.69, 9.17) is 0 Å². The van der Waals surface area contributed by atoms with E-state index in [2.05, 4.69) is 13.8 Å². The molecule has 0 aliphatic carbocycles. The molecule has 0 radical (unpaired) electrons. The van der Waals surface area contributed by atoms with Gasteiger partial charge in [0.25, 0.3) is 0 Å². The highest BCUT2D eigenvalue weighted by Gasteiger charge is 2.03. The fourth-order valence-corrected chi connectivity index (χ4v) is 3.66. The van der Waals surface area contributed by atoms with Gasteiger partial charge in [-0.05, 0) is 25.2 Å². The normalized spacial score (nSPS) is 11.3. The van der Waals surface area contributed by atoms with Crippen LogP contribution in [0.2, 0.25) is 0 Å². The van der Waals surface area contributed by atoms with Crippen molar-refractivity contribution >= 4 is 8.15 Å². The van der Waals surface area contributed by atoms with Gasteiger partial charge >= 0.3 is 0 Å². The molecule has 0 amide bonds. The summed E-state index contributed by atoms with van der Waals surface area (Å²) >= 11 is 0. The van der Waals surface area contributed by atoms with Crippen LogP contribution < -0.4 is 0 Å². The fourth-order valence-electron chi connectivity index (χ4n) is 2.26. The molecule has 0 heterocycles. The average Bonchev–Trinajstić information content (AvgIpc) is 2.38. The maximum atomic E-state index is 9.92. The average molecular weight is 274 g/mol. The number of hydrogen-bond acceptors (Lipinski definition) is 1. The van der Waals surface area contributed by atoms with Crippen molar-refractivity contribution in [3.63, 3.8) is 0 Å². The summed E-state index contributed by atoms with van der Waals surface area (Å²) in [6, 6.07) is 0. The largest absolute Gasteiger partial charge is 0.374 e. The molecule has 2 heteroatoms. The Morgan fingerprint density at radius 1 is 0.556 bits per heavy atom.